The van der Waals surface area contributed by atoms with Crippen molar-refractivity contribution >= 4 is 0 Å². The van der Waals surface area contributed by atoms with Crippen LogP contribution in [-0.4, -0.2) is 6.54 Å². The average molecular weight is 267 g/mol. The molecule has 2 aromatic rings. The Kier molecular flexibility index (Phi) is 4.97. The van der Waals surface area contributed by atoms with Gasteiger partial charge >= 0.3 is 0 Å². The third kappa shape index (κ3) is 3.49. The van der Waals surface area contributed by atoms with Crippen LogP contribution in [0.15, 0.2) is 42.5 Å². The third-order valence-corrected chi connectivity index (χ3v) is 3.80. The number of nitrogens with one attached hydrogen (secondary N) is 1. The molecule has 0 aliphatic heterocycles. The van der Waals surface area contributed by atoms with Crippen LogP contribution in [0.1, 0.15) is 43.0 Å². The first kappa shape index (κ1) is 14.8. The highest BCUT2D eigenvalue weighted by Crippen LogP contribution is 2.25. The van der Waals surface area contributed by atoms with Crippen LogP contribution in [0.2, 0.25) is 0 Å². The first-order valence-corrected chi connectivity index (χ1v) is 7.52. The highest BCUT2D eigenvalue weighted by atomic mass is 14.9. The monoisotopic (exact) mass is 267 g/mol. The van der Waals surface area contributed by atoms with Crippen molar-refractivity contribution in [3.05, 3.63) is 59.2 Å². The van der Waals surface area contributed by atoms with E-state index in [0.29, 0.717) is 6.04 Å². The van der Waals surface area contributed by atoms with E-state index < -0.39 is 0 Å². The molecule has 1 N–H and O–H groups in total. The molecule has 0 saturated carbocycles. The molecular formula is C19H25N. The molecule has 0 aromatic heterocycles. The second-order valence-electron chi connectivity index (χ2n) is 5.62. The summed E-state index contributed by atoms with van der Waals surface area (Å²) in [5.41, 5.74) is 6.65. The molecule has 1 unspecified atom stereocenters. The van der Waals surface area contributed by atoms with Gasteiger partial charge in [-0.15, -0.1) is 0 Å². The Morgan fingerprint density at radius 3 is 2.30 bits per heavy atom. The highest BCUT2D eigenvalue weighted by molar-refractivity contribution is 5.67. The number of benzene rings is 2. The Balaban J connectivity index is 2.19. The van der Waals surface area contributed by atoms with E-state index in [9.17, 15) is 0 Å². The zero-order valence-corrected chi connectivity index (χ0v) is 13.0. The summed E-state index contributed by atoms with van der Waals surface area (Å²) < 4.78 is 0. The van der Waals surface area contributed by atoms with E-state index >= 15 is 0 Å². The van der Waals surface area contributed by atoms with Crippen LogP contribution in [-0.2, 0) is 0 Å². The molecule has 0 radical (unpaired) electrons. The molecular weight excluding hydrogens is 242 g/mol. The van der Waals surface area contributed by atoms with Gasteiger partial charge in [0.1, 0.15) is 0 Å². The van der Waals surface area contributed by atoms with Crippen molar-refractivity contribution in [1.82, 2.24) is 5.32 Å². The van der Waals surface area contributed by atoms with Crippen molar-refractivity contribution < 1.29 is 0 Å². The Morgan fingerprint density at radius 1 is 1.00 bits per heavy atom. The smallest absolute Gasteiger partial charge is 0.0291 e. The lowest BCUT2D eigenvalue weighted by Gasteiger charge is -2.14. The molecule has 1 atom stereocenters. The molecule has 0 fully saturated rings. The molecule has 1 heteroatoms. The number of hydrogen-bond donors (Lipinski definition) is 1. The van der Waals surface area contributed by atoms with Crippen LogP contribution in [0, 0.1) is 13.8 Å². The van der Waals surface area contributed by atoms with Crippen molar-refractivity contribution in [2.75, 3.05) is 6.54 Å². The average Bonchev–Trinajstić information content (AvgIpc) is 2.45. The molecule has 2 aromatic carbocycles. The van der Waals surface area contributed by atoms with E-state index in [1.54, 1.807) is 0 Å². The second-order valence-corrected chi connectivity index (χ2v) is 5.62. The predicted molar refractivity (Wildman–Crippen MR) is 88.1 cm³/mol. The summed E-state index contributed by atoms with van der Waals surface area (Å²) in [7, 11) is 0. The molecule has 0 spiro atoms. The number of rotatable bonds is 5. The molecule has 0 saturated heterocycles. The van der Waals surface area contributed by atoms with Gasteiger partial charge in [0.25, 0.3) is 0 Å². The fourth-order valence-corrected chi connectivity index (χ4v) is 2.57. The summed E-state index contributed by atoms with van der Waals surface area (Å²) in [5, 5.41) is 3.53. The maximum absolute atomic E-state index is 3.53. The summed E-state index contributed by atoms with van der Waals surface area (Å²) >= 11 is 0. The molecule has 0 heterocycles. The first-order valence-electron chi connectivity index (χ1n) is 7.52. The van der Waals surface area contributed by atoms with Crippen LogP contribution in [0.5, 0.6) is 0 Å². The summed E-state index contributed by atoms with van der Waals surface area (Å²) in [6.45, 7) is 9.81. The van der Waals surface area contributed by atoms with Crippen LogP contribution in [0.3, 0.4) is 0 Å². The Bertz CT molecular complexity index is 554. The van der Waals surface area contributed by atoms with Gasteiger partial charge < -0.3 is 5.32 Å². The fourth-order valence-electron chi connectivity index (χ4n) is 2.57. The lowest BCUT2D eigenvalue weighted by molar-refractivity contribution is 0.571. The van der Waals surface area contributed by atoms with Gasteiger partial charge in [-0.3, -0.25) is 0 Å². The Morgan fingerprint density at radius 2 is 1.70 bits per heavy atom. The SMILES string of the molecule is CCCNC(C)c1ccc(-c2ccc(C)cc2C)cc1. The quantitative estimate of drug-likeness (QED) is 0.801. The molecule has 2 rings (SSSR count). The molecule has 0 bridgehead atoms. The minimum absolute atomic E-state index is 0.420. The van der Waals surface area contributed by atoms with Gasteiger partial charge in [0.2, 0.25) is 0 Å². The van der Waals surface area contributed by atoms with E-state index in [0.717, 1.165) is 6.54 Å². The van der Waals surface area contributed by atoms with Gasteiger partial charge in [0.05, 0.1) is 0 Å². The predicted octanol–water partition coefficient (Wildman–Crippen LogP) is 5.03. The molecule has 20 heavy (non-hydrogen) atoms. The summed E-state index contributed by atoms with van der Waals surface area (Å²) in [6.07, 6.45) is 1.17. The van der Waals surface area contributed by atoms with Crippen molar-refractivity contribution in [3.63, 3.8) is 0 Å². The minimum Gasteiger partial charge on any atom is -0.310 e. The highest BCUT2D eigenvalue weighted by Gasteiger charge is 2.06. The maximum atomic E-state index is 3.53. The molecule has 1 nitrogen and oxygen atoms in total. The van der Waals surface area contributed by atoms with Gasteiger partial charge in [-0.1, -0.05) is 55.0 Å². The zero-order chi connectivity index (χ0) is 14.5. The normalized spacial score (nSPS) is 12.4. The first-order chi connectivity index (χ1) is 9.61. The van der Waals surface area contributed by atoms with Crippen LogP contribution < -0.4 is 5.32 Å². The van der Waals surface area contributed by atoms with E-state index in [4.69, 9.17) is 0 Å². The number of hydrogen-bond acceptors (Lipinski definition) is 1. The fraction of sp³-hybridized carbons (Fsp3) is 0.368. The molecule has 0 aliphatic rings. The molecule has 106 valence electrons. The lowest BCUT2D eigenvalue weighted by atomic mass is 9.97. The van der Waals surface area contributed by atoms with Gasteiger partial charge in [-0.2, -0.15) is 0 Å². The van der Waals surface area contributed by atoms with Gasteiger partial charge in [-0.25, -0.2) is 0 Å². The van der Waals surface area contributed by atoms with Gasteiger partial charge in [-0.05, 0) is 56.0 Å². The van der Waals surface area contributed by atoms with Crippen molar-refractivity contribution in [2.24, 2.45) is 0 Å². The number of aryl methyl sites for hydroxylation is 2. The summed E-state index contributed by atoms with van der Waals surface area (Å²) in [5.74, 6) is 0. The van der Waals surface area contributed by atoms with Crippen LogP contribution in [0.4, 0.5) is 0 Å². The topological polar surface area (TPSA) is 12.0 Å². The third-order valence-electron chi connectivity index (χ3n) is 3.80. The summed E-state index contributed by atoms with van der Waals surface area (Å²) in [4.78, 5) is 0. The van der Waals surface area contributed by atoms with Crippen molar-refractivity contribution in [1.29, 1.82) is 0 Å². The Labute approximate surface area is 123 Å². The van der Waals surface area contributed by atoms with Crippen LogP contribution >= 0.6 is 0 Å². The van der Waals surface area contributed by atoms with E-state index in [1.165, 1.54) is 34.2 Å². The Hall–Kier alpha value is -1.60. The maximum Gasteiger partial charge on any atom is 0.0291 e. The van der Waals surface area contributed by atoms with Crippen molar-refractivity contribution in [2.45, 2.75) is 40.2 Å². The van der Waals surface area contributed by atoms with Crippen molar-refractivity contribution in [3.8, 4) is 11.1 Å². The lowest BCUT2D eigenvalue weighted by Crippen LogP contribution is -2.19. The molecule has 0 amide bonds. The van der Waals surface area contributed by atoms with Crippen LogP contribution in [0.25, 0.3) is 11.1 Å². The second kappa shape index (κ2) is 6.71. The molecule has 0 aliphatic carbocycles. The van der Waals surface area contributed by atoms with E-state index in [1.807, 2.05) is 0 Å². The van der Waals surface area contributed by atoms with E-state index in [-0.39, 0.29) is 0 Å². The zero-order valence-electron chi connectivity index (χ0n) is 13.0. The summed E-state index contributed by atoms with van der Waals surface area (Å²) in [6, 6.07) is 16.0. The minimum atomic E-state index is 0.420. The van der Waals surface area contributed by atoms with Gasteiger partial charge in [0.15, 0.2) is 0 Å². The standard InChI is InChI=1S/C19H25N/c1-5-12-20-16(4)17-7-9-18(10-8-17)19-11-6-14(2)13-15(19)3/h6-11,13,16,20H,5,12H2,1-4H3. The largest absolute Gasteiger partial charge is 0.310 e. The van der Waals surface area contributed by atoms with E-state index in [2.05, 4.69) is 75.5 Å². The van der Waals surface area contributed by atoms with Gasteiger partial charge in [0, 0.05) is 6.04 Å².